The van der Waals surface area contributed by atoms with E-state index >= 15 is 0 Å². The molecule has 0 fully saturated rings. The van der Waals surface area contributed by atoms with Crippen molar-refractivity contribution in [2.45, 2.75) is 25.8 Å². The smallest absolute Gasteiger partial charge is 0.223 e. The van der Waals surface area contributed by atoms with Crippen molar-refractivity contribution in [1.82, 2.24) is 20.3 Å². The van der Waals surface area contributed by atoms with Crippen molar-refractivity contribution in [2.75, 3.05) is 0 Å². The number of amides is 1. The van der Waals surface area contributed by atoms with Crippen LogP contribution in [-0.4, -0.2) is 20.9 Å². The van der Waals surface area contributed by atoms with E-state index in [2.05, 4.69) is 27.8 Å². The van der Waals surface area contributed by atoms with Gasteiger partial charge in [-0.1, -0.05) is 17.4 Å². The van der Waals surface area contributed by atoms with Crippen molar-refractivity contribution >= 4 is 17.2 Å². The normalized spacial score (nSPS) is 18.1. The lowest BCUT2D eigenvalue weighted by atomic mass is 9.94. The molecular formula is C14H16N4OS. The zero-order chi connectivity index (χ0) is 13.8. The van der Waals surface area contributed by atoms with Gasteiger partial charge in [-0.05, 0) is 36.8 Å². The maximum atomic E-state index is 12.0. The van der Waals surface area contributed by atoms with Crippen LogP contribution in [0.1, 0.15) is 25.0 Å². The summed E-state index contributed by atoms with van der Waals surface area (Å²) in [6, 6.07) is 3.95. The van der Waals surface area contributed by atoms with Gasteiger partial charge >= 0.3 is 0 Å². The van der Waals surface area contributed by atoms with Crippen LogP contribution in [0.25, 0.3) is 5.00 Å². The molecule has 104 valence electrons. The number of rotatable bonds is 4. The van der Waals surface area contributed by atoms with E-state index in [1.165, 1.54) is 0 Å². The molecule has 0 radical (unpaired) electrons. The van der Waals surface area contributed by atoms with Crippen molar-refractivity contribution < 1.29 is 4.79 Å². The molecule has 0 spiro atoms. The van der Waals surface area contributed by atoms with Crippen LogP contribution >= 0.6 is 11.3 Å². The van der Waals surface area contributed by atoms with Crippen molar-refractivity contribution in [3.8, 4) is 5.00 Å². The molecule has 1 atom stereocenters. The molecule has 20 heavy (non-hydrogen) atoms. The van der Waals surface area contributed by atoms with Gasteiger partial charge in [-0.15, -0.1) is 16.4 Å². The molecule has 0 aliphatic heterocycles. The van der Waals surface area contributed by atoms with Gasteiger partial charge in [0.05, 0.1) is 12.7 Å². The van der Waals surface area contributed by atoms with Gasteiger partial charge < -0.3 is 5.32 Å². The van der Waals surface area contributed by atoms with Gasteiger partial charge in [-0.3, -0.25) is 4.79 Å². The molecule has 1 aliphatic carbocycles. The summed E-state index contributed by atoms with van der Waals surface area (Å²) >= 11 is 1.60. The van der Waals surface area contributed by atoms with Crippen LogP contribution in [0.4, 0.5) is 0 Å². The van der Waals surface area contributed by atoms with E-state index in [1.807, 2.05) is 23.7 Å². The van der Waals surface area contributed by atoms with Crippen molar-refractivity contribution in [1.29, 1.82) is 0 Å². The maximum Gasteiger partial charge on any atom is 0.223 e. The van der Waals surface area contributed by atoms with E-state index in [0.717, 1.165) is 30.0 Å². The van der Waals surface area contributed by atoms with Gasteiger partial charge in [-0.2, -0.15) is 0 Å². The number of carbonyl (C=O) groups is 1. The summed E-state index contributed by atoms with van der Waals surface area (Å²) in [7, 11) is 0. The van der Waals surface area contributed by atoms with Crippen molar-refractivity contribution in [3.05, 3.63) is 41.6 Å². The number of hydrogen-bond acceptors (Lipinski definition) is 4. The molecule has 6 heteroatoms. The summed E-state index contributed by atoms with van der Waals surface area (Å²) in [5.74, 6) is 0.215. The van der Waals surface area contributed by atoms with Crippen LogP contribution in [-0.2, 0) is 11.3 Å². The van der Waals surface area contributed by atoms with E-state index in [9.17, 15) is 4.79 Å². The van der Waals surface area contributed by atoms with Crippen LogP contribution in [0.15, 0.2) is 35.9 Å². The van der Waals surface area contributed by atoms with Gasteiger partial charge in [0, 0.05) is 5.92 Å². The van der Waals surface area contributed by atoms with E-state index in [-0.39, 0.29) is 11.8 Å². The quantitative estimate of drug-likeness (QED) is 0.878. The van der Waals surface area contributed by atoms with Crippen molar-refractivity contribution in [3.63, 3.8) is 0 Å². The molecule has 0 bridgehead atoms. The lowest BCUT2D eigenvalue weighted by Gasteiger charge is -2.16. The molecule has 0 unspecified atom stereocenters. The SMILES string of the molecule is O=C(NCc1cn(-c2cccs2)nn1)[C@H]1CC=CCC1. The molecular weight excluding hydrogens is 272 g/mol. The minimum Gasteiger partial charge on any atom is -0.350 e. The zero-order valence-corrected chi connectivity index (χ0v) is 11.8. The lowest BCUT2D eigenvalue weighted by Crippen LogP contribution is -2.30. The standard InChI is InChI=1S/C14H16N4OS/c19-14(11-5-2-1-3-6-11)15-9-12-10-18(17-16-12)13-7-4-8-20-13/h1-2,4,7-8,10-11H,3,5-6,9H2,(H,15,19)/t11-/m0/s1. The van der Waals surface area contributed by atoms with Crippen LogP contribution in [0, 0.1) is 5.92 Å². The number of nitrogens with one attached hydrogen (secondary N) is 1. The van der Waals surface area contributed by atoms with E-state index < -0.39 is 0 Å². The Labute approximate surface area is 121 Å². The van der Waals surface area contributed by atoms with Gasteiger partial charge in [-0.25, -0.2) is 4.68 Å². The molecule has 2 aromatic rings. The third kappa shape index (κ3) is 2.96. The largest absolute Gasteiger partial charge is 0.350 e. The number of hydrogen-bond donors (Lipinski definition) is 1. The molecule has 0 saturated heterocycles. The van der Waals surface area contributed by atoms with Gasteiger partial charge in [0.25, 0.3) is 0 Å². The van der Waals surface area contributed by atoms with Crippen LogP contribution in [0.2, 0.25) is 0 Å². The predicted octanol–water partition coefficient (Wildman–Crippen LogP) is 2.30. The molecule has 1 aliphatic rings. The second-order valence-corrected chi connectivity index (χ2v) is 5.73. The average Bonchev–Trinajstić information content (AvgIpc) is 3.16. The number of aromatic nitrogens is 3. The highest BCUT2D eigenvalue weighted by atomic mass is 32.1. The minimum atomic E-state index is 0.104. The Bertz CT molecular complexity index is 602. The Balaban J connectivity index is 1.56. The zero-order valence-electron chi connectivity index (χ0n) is 11.0. The summed E-state index contributed by atoms with van der Waals surface area (Å²) in [5.41, 5.74) is 0.776. The van der Waals surface area contributed by atoms with Crippen LogP contribution < -0.4 is 5.32 Å². The fourth-order valence-electron chi connectivity index (χ4n) is 2.24. The molecule has 0 saturated carbocycles. The van der Waals surface area contributed by atoms with Crippen LogP contribution in [0.5, 0.6) is 0 Å². The Morgan fingerprint density at radius 1 is 1.50 bits per heavy atom. The number of nitrogens with zero attached hydrogens (tertiary/aromatic N) is 3. The lowest BCUT2D eigenvalue weighted by molar-refractivity contribution is -0.125. The Morgan fingerprint density at radius 2 is 2.45 bits per heavy atom. The first kappa shape index (κ1) is 13.1. The van der Waals surface area contributed by atoms with E-state index in [1.54, 1.807) is 16.0 Å². The molecule has 5 nitrogen and oxygen atoms in total. The molecule has 2 heterocycles. The summed E-state index contributed by atoms with van der Waals surface area (Å²) in [6.07, 6.45) is 8.84. The third-order valence-corrected chi connectivity index (χ3v) is 4.21. The fraction of sp³-hybridized carbons (Fsp3) is 0.357. The summed E-state index contributed by atoms with van der Waals surface area (Å²) in [6.45, 7) is 0.435. The summed E-state index contributed by atoms with van der Waals surface area (Å²) in [5, 5.41) is 14.1. The first-order valence-electron chi connectivity index (χ1n) is 6.71. The maximum absolute atomic E-state index is 12.0. The monoisotopic (exact) mass is 288 g/mol. The highest BCUT2D eigenvalue weighted by Gasteiger charge is 2.18. The Kier molecular flexibility index (Phi) is 3.92. The van der Waals surface area contributed by atoms with Crippen LogP contribution in [0.3, 0.4) is 0 Å². The highest BCUT2D eigenvalue weighted by Crippen LogP contribution is 2.18. The third-order valence-electron chi connectivity index (χ3n) is 3.36. The number of thiophene rings is 1. The van der Waals surface area contributed by atoms with Gasteiger partial charge in [0.15, 0.2) is 0 Å². The summed E-state index contributed by atoms with van der Waals surface area (Å²) in [4.78, 5) is 12.0. The van der Waals surface area contributed by atoms with Gasteiger partial charge in [0.2, 0.25) is 5.91 Å². The number of allylic oxidation sites excluding steroid dienone is 2. The first-order valence-corrected chi connectivity index (χ1v) is 7.59. The fourth-order valence-corrected chi connectivity index (χ4v) is 2.89. The topological polar surface area (TPSA) is 59.8 Å². The average molecular weight is 288 g/mol. The first-order chi connectivity index (χ1) is 9.83. The van der Waals surface area contributed by atoms with E-state index in [4.69, 9.17) is 0 Å². The molecule has 3 rings (SSSR count). The molecule has 0 aromatic carbocycles. The second kappa shape index (κ2) is 6.00. The minimum absolute atomic E-state index is 0.104. The highest BCUT2D eigenvalue weighted by molar-refractivity contribution is 7.12. The predicted molar refractivity (Wildman–Crippen MR) is 77.6 cm³/mol. The van der Waals surface area contributed by atoms with Crippen molar-refractivity contribution in [2.24, 2.45) is 5.92 Å². The molecule has 2 aromatic heterocycles. The number of carbonyl (C=O) groups excluding carboxylic acids is 1. The molecule has 1 N–H and O–H groups in total. The Hall–Kier alpha value is -1.95. The second-order valence-electron chi connectivity index (χ2n) is 4.80. The Morgan fingerprint density at radius 3 is 3.20 bits per heavy atom. The van der Waals surface area contributed by atoms with Gasteiger partial charge in [0.1, 0.15) is 10.7 Å². The molecule has 1 amide bonds. The summed E-state index contributed by atoms with van der Waals surface area (Å²) < 4.78 is 1.73. The van der Waals surface area contributed by atoms with E-state index in [0.29, 0.717) is 6.54 Å².